The fourth-order valence-corrected chi connectivity index (χ4v) is 2.74. The van der Waals surface area contributed by atoms with E-state index in [-0.39, 0.29) is 5.91 Å². The summed E-state index contributed by atoms with van der Waals surface area (Å²) >= 11 is 5.31. The Balaban J connectivity index is 1.57. The highest BCUT2D eigenvalue weighted by molar-refractivity contribution is 7.80. The number of ether oxygens (including phenoxy) is 3. The number of morpholine rings is 1. The fourth-order valence-electron chi connectivity index (χ4n) is 2.46. The third-order valence-electron chi connectivity index (χ3n) is 3.94. The van der Waals surface area contributed by atoms with Crippen LogP contribution in [-0.2, 0) is 4.74 Å². The molecule has 3 rings (SSSR count). The van der Waals surface area contributed by atoms with Gasteiger partial charge >= 0.3 is 0 Å². The Bertz CT molecular complexity index is 756. The van der Waals surface area contributed by atoms with Crippen molar-refractivity contribution in [3.8, 4) is 11.5 Å². The quantitative estimate of drug-likeness (QED) is 0.833. The molecule has 26 heavy (non-hydrogen) atoms. The molecule has 0 aliphatic carbocycles. The number of hydrogen-bond acceptors (Lipinski definition) is 5. The summed E-state index contributed by atoms with van der Waals surface area (Å²) in [5, 5.41) is 3.26. The highest BCUT2D eigenvalue weighted by Gasteiger charge is 2.15. The molecular formula is C19H20N2O4S. The molecule has 0 bridgehead atoms. The van der Waals surface area contributed by atoms with Crippen molar-refractivity contribution in [1.82, 2.24) is 4.90 Å². The summed E-state index contributed by atoms with van der Waals surface area (Å²) in [4.78, 5) is 14.3. The maximum atomic E-state index is 12.3. The average molecular weight is 372 g/mol. The highest BCUT2D eigenvalue weighted by Crippen LogP contribution is 2.18. The van der Waals surface area contributed by atoms with Gasteiger partial charge in [0, 0.05) is 24.3 Å². The number of methoxy groups -OCH3 is 1. The van der Waals surface area contributed by atoms with Crippen molar-refractivity contribution >= 4 is 29.0 Å². The third-order valence-corrected chi connectivity index (χ3v) is 4.28. The second kappa shape index (κ2) is 8.64. The molecule has 1 amide bonds. The summed E-state index contributed by atoms with van der Waals surface area (Å²) in [5.74, 6) is 1.14. The van der Waals surface area contributed by atoms with E-state index in [0.29, 0.717) is 35.4 Å². The zero-order valence-corrected chi connectivity index (χ0v) is 15.3. The number of nitrogens with one attached hydrogen (secondary N) is 1. The number of anilines is 1. The molecule has 1 N–H and O–H groups in total. The normalized spacial score (nSPS) is 13.8. The second-order valence-electron chi connectivity index (χ2n) is 5.67. The predicted octanol–water partition coefficient (Wildman–Crippen LogP) is 2.94. The first kappa shape index (κ1) is 18.2. The van der Waals surface area contributed by atoms with Crippen LogP contribution in [0.2, 0.25) is 0 Å². The fraction of sp³-hybridized carbons (Fsp3) is 0.263. The zero-order chi connectivity index (χ0) is 18.4. The molecular weight excluding hydrogens is 352 g/mol. The van der Waals surface area contributed by atoms with Gasteiger partial charge in [-0.15, -0.1) is 0 Å². The lowest BCUT2D eigenvalue weighted by molar-refractivity contribution is 0.0631. The minimum Gasteiger partial charge on any atom is -0.497 e. The largest absolute Gasteiger partial charge is 0.497 e. The first-order valence-electron chi connectivity index (χ1n) is 8.26. The molecule has 2 aromatic carbocycles. The molecule has 136 valence electrons. The van der Waals surface area contributed by atoms with Crippen molar-refractivity contribution in [2.24, 2.45) is 0 Å². The van der Waals surface area contributed by atoms with Crippen molar-refractivity contribution in [2.75, 3.05) is 38.7 Å². The second-order valence-corrected chi connectivity index (χ2v) is 6.02. The van der Waals surface area contributed by atoms with Crippen LogP contribution in [0, 0.1) is 0 Å². The zero-order valence-electron chi connectivity index (χ0n) is 14.4. The smallest absolute Gasteiger partial charge is 0.264 e. The van der Waals surface area contributed by atoms with Gasteiger partial charge in [0.05, 0.1) is 20.3 Å². The summed E-state index contributed by atoms with van der Waals surface area (Å²) in [5.41, 5.74) is 1.23. The number of carbonyl (C=O) groups is 1. The van der Waals surface area contributed by atoms with Gasteiger partial charge in [0.2, 0.25) is 0 Å². The molecule has 7 heteroatoms. The van der Waals surface area contributed by atoms with E-state index in [4.69, 9.17) is 26.4 Å². The number of thiocarbonyl (C=S) groups is 1. The molecule has 0 aromatic heterocycles. The Morgan fingerprint density at radius 2 is 1.65 bits per heavy atom. The van der Waals surface area contributed by atoms with E-state index >= 15 is 0 Å². The Labute approximate surface area is 157 Å². The SMILES string of the molecule is COc1ccc(NC(=O)c2ccc(OC(=S)N3CCOCC3)cc2)cc1. The number of hydrogen-bond donors (Lipinski definition) is 1. The molecule has 1 saturated heterocycles. The van der Waals surface area contributed by atoms with E-state index in [1.165, 1.54) is 0 Å². The van der Waals surface area contributed by atoms with Crippen LogP contribution in [0.4, 0.5) is 5.69 Å². The molecule has 1 aliphatic heterocycles. The Morgan fingerprint density at radius 1 is 1.04 bits per heavy atom. The lowest BCUT2D eigenvalue weighted by Gasteiger charge is -2.28. The van der Waals surface area contributed by atoms with Gasteiger partial charge in [0.1, 0.15) is 11.5 Å². The van der Waals surface area contributed by atoms with Crippen LogP contribution >= 0.6 is 12.2 Å². The number of nitrogens with zero attached hydrogens (tertiary/aromatic N) is 1. The van der Waals surface area contributed by atoms with E-state index in [1.807, 2.05) is 4.90 Å². The van der Waals surface area contributed by atoms with Gasteiger partial charge in [-0.3, -0.25) is 4.79 Å². The van der Waals surface area contributed by atoms with Crippen molar-refractivity contribution in [3.05, 3.63) is 54.1 Å². The molecule has 0 atom stereocenters. The summed E-state index contributed by atoms with van der Waals surface area (Å²) in [7, 11) is 1.60. The lowest BCUT2D eigenvalue weighted by atomic mass is 10.2. The molecule has 6 nitrogen and oxygen atoms in total. The van der Waals surface area contributed by atoms with Gasteiger partial charge in [-0.05, 0) is 60.7 Å². The summed E-state index contributed by atoms with van der Waals surface area (Å²) in [6, 6.07) is 14.0. The Morgan fingerprint density at radius 3 is 2.27 bits per heavy atom. The van der Waals surface area contributed by atoms with E-state index in [0.717, 1.165) is 18.8 Å². The highest BCUT2D eigenvalue weighted by atomic mass is 32.1. The molecule has 0 radical (unpaired) electrons. The van der Waals surface area contributed by atoms with E-state index < -0.39 is 0 Å². The standard InChI is InChI=1S/C19H20N2O4S/c1-23-16-8-4-15(5-9-16)20-18(22)14-2-6-17(7-3-14)25-19(26)21-10-12-24-13-11-21/h2-9H,10-13H2,1H3,(H,20,22). The van der Waals surface area contributed by atoms with Gasteiger partial charge in [0.15, 0.2) is 0 Å². The van der Waals surface area contributed by atoms with Crippen LogP contribution in [-0.4, -0.2) is 49.4 Å². The molecule has 1 heterocycles. The van der Waals surface area contributed by atoms with Crippen LogP contribution in [0.15, 0.2) is 48.5 Å². The number of amides is 1. The predicted molar refractivity (Wildman–Crippen MR) is 103 cm³/mol. The van der Waals surface area contributed by atoms with Crippen LogP contribution < -0.4 is 14.8 Å². The van der Waals surface area contributed by atoms with Crippen LogP contribution in [0.1, 0.15) is 10.4 Å². The molecule has 1 fully saturated rings. The molecule has 2 aromatic rings. The lowest BCUT2D eigenvalue weighted by Crippen LogP contribution is -2.42. The van der Waals surface area contributed by atoms with Gasteiger partial charge in [-0.1, -0.05) is 0 Å². The van der Waals surface area contributed by atoms with Crippen molar-refractivity contribution in [2.45, 2.75) is 0 Å². The van der Waals surface area contributed by atoms with Crippen LogP contribution in [0.25, 0.3) is 0 Å². The van der Waals surface area contributed by atoms with Gasteiger partial charge in [0.25, 0.3) is 11.1 Å². The van der Waals surface area contributed by atoms with Gasteiger partial charge in [-0.2, -0.15) is 0 Å². The first-order valence-corrected chi connectivity index (χ1v) is 8.66. The first-order chi connectivity index (χ1) is 12.7. The Kier molecular flexibility index (Phi) is 6.04. The van der Waals surface area contributed by atoms with Crippen LogP contribution in [0.3, 0.4) is 0 Å². The molecule has 0 unspecified atom stereocenters. The molecule has 1 aliphatic rings. The minimum atomic E-state index is -0.197. The number of benzene rings is 2. The number of rotatable bonds is 4. The van der Waals surface area contributed by atoms with Crippen molar-refractivity contribution < 1.29 is 19.0 Å². The van der Waals surface area contributed by atoms with E-state index in [9.17, 15) is 4.79 Å². The topological polar surface area (TPSA) is 60.0 Å². The maximum Gasteiger partial charge on any atom is 0.264 e. The monoisotopic (exact) mass is 372 g/mol. The van der Waals surface area contributed by atoms with Crippen molar-refractivity contribution in [1.29, 1.82) is 0 Å². The summed E-state index contributed by atoms with van der Waals surface area (Å²) < 4.78 is 16.1. The summed E-state index contributed by atoms with van der Waals surface area (Å²) in [6.07, 6.45) is 0. The maximum absolute atomic E-state index is 12.3. The molecule has 0 saturated carbocycles. The average Bonchev–Trinajstić information content (AvgIpc) is 2.69. The third kappa shape index (κ3) is 4.71. The van der Waals surface area contributed by atoms with Gasteiger partial charge < -0.3 is 24.4 Å². The van der Waals surface area contributed by atoms with E-state index in [1.54, 1.807) is 55.6 Å². The summed E-state index contributed by atoms with van der Waals surface area (Å²) in [6.45, 7) is 2.74. The van der Waals surface area contributed by atoms with Crippen LogP contribution in [0.5, 0.6) is 11.5 Å². The van der Waals surface area contributed by atoms with Gasteiger partial charge in [-0.25, -0.2) is 0 Å². The van der Waals surface area contributed by atoms with E-state index in [2.05, 4.69) is 5.32 Å². The number of carbonyl (C=O) groups excluding carboxylic acids is 1. The van der Waals surface area contributed by atoms with Crippen molar-refractivity contribution in [3.63, 3.8) is 0 Å². The Hall–Kier alpha value is -2.64. The minimum absolute atomic E-state index is 0.197. The molecule has 0 spiro atoms.